The van der Waals surface area contributed by atoms with Crippen LogP contribution in [0.25, 0.3) is 0 Å². The molecule has 3 amide bonds. The minimum Gasteiger partial charge on any atom is -0.467 e. The minimum absolute atomic E-state index is 0.0659. The van der Waals surface area contributed by atoms with Crippen molar-refractivity contribution in [3.05, 3.63) is 0 Å². The summed E-state index contributed by atoms with van der Waals surface area (Å²) < 4.78 is 10.2. The van der Waals surface area contributed by atoms with Crippen LogP contribution in [0.2, 0.25) is 0 Å². The highest BCUT2D eigenvalue weighted by Gasteiger charge is 2.69. The molecule has 0 spiro atoms. The second-order valence-electron chi connectivity index (χ2n) is 11.3. The van der Waals surface area contributed by atoms with Crippen molar-refractivity contribution in [3.8, 4) is 0 Å². The van der Waals surface area contributed by atoms with Crippen molar-refractivity contribution in [2.45, 2.75) is 90.4 Å². The molecular formula is C25H44N4O7. The van der Waals surface area contributed by atoms with Crippen molar-refractivity contribution in [2.75, 3.05) is 26.8 Å². The molecule has 2 aliphatic rings. The first-order valence-electron chi connectivity index (χ1n) is 12.8. The van der Waals surface area contributed by atoms with Crippen LogP contribution in [-0.4, -0.2) is 84.4 Å². The highest BCUT2D eigenvalue weighted by molar-refractivity contribution is 5.94. The van der Waals surface area contributed by atoms with Gasteiger partial charge in [-0.3, -0.25) is 9.59 Å². The fraction of sp³-hybridized carbons (Fsp3) is 0.840. The van der Waals surface area contributed by atoms with Gasteiger partial charge in [0, 0.05) is 13.2 Å². The lowest BCUT2D eigenvalue weighted by Gasteiger charge is -2.34. The number of carbonyl (C=O) groups is 4. The molecule has 11 nitrogen and oxygen atoms in total. The van der Waals surface area contributed by atoms with Gasteiger partial charge < -0.3 is 35.8 Å². The second-order valence-corrected chi connectivity index (χ2v) is 11.3. The first-order valence-corrected chi connectivity index (χ1v) is 12.8. The normalized spacial score (nSPS) is 23.8. The van der Waals surface area contributed by atoms with Crippen molar-refractivity contribution in [1.29, 1.82) is 0 Å². The molecule has 206 valence electrons. The van der Waals surface area contributed by atoms with Crippen molar-refractivity contribution in [3.63, 3.8) is 0 Å². The molecule has 5 N–H and O–H groups in total. The molecular weight excluding hydrogens is 468 g/mol. The Morgan fingerprint density at radius 2 is 1.72 bits per heavy atom. The topological polar surface area (TPSA) is 160 Å². The molecule has 2 rings (SSSR count). The van der Waals surface area contributed by atoms with E-state index in [1.807, 2.05) is 0 Å². The summed E-state index contributed by atoms with van der Waals surface area (Å²) in [7, 11) is 1.27. The van der Waals surface area contributed by atoms with E-state index in [-0.39, 0.29) is 30.3 Å². The zero-order chi connectivity index (χ0) is 27.3. The Labute approximate surface area is 213 Å². The smallest absolute Gasteiger partial charge is 0.408 e. The second kappa shape index (κ2) is 12.2. The van der Waals surface area contributed by atoms with Crippen LogP contribution in [-0.2, 0) is 23.9 Å². The van der Waals surface area contributed by atoms with Gasteiger partial charge in [0.1, 0.15) is 23.7 Å². The molecule has 0 radical (unpaired) electrons. The van der Waals surface area contributed by atoms with E-state index in [1.54, 1.807) is 20.8 Å². The molecule has 11 heteroatoms. The number of nitrogens with zero attached hydrogens (tertiary/aromatic N) is 1. The third-order valence-corrected chi connectivity index (χ3v) is 7.15. The highest BCUT2D eigenvalue weighted by Crippen LogP contribution is 2.64. The number of aliphatic hydroxyl groups is 1. The number of alkyl carbamates (subject to hydrolysis) is 1. The van der Waals surface area contributed by atoms with Crippen LogP contribution >= 0.6 is 0 Å². The number of esters is 1. The number of piperidine rings is 1. The number of carbonyl (C=O) groups excluding carboxylic acids is 4. The minimum atomic E-state index is -0.955. The maximum atomic E-state index is 13.6. The summed E-state index contributed by atoms with van der Waals surface area (Å²) in [6.45, 7) is 9.99. The fourth-order valence-electron chi connectivity index (χ4n) is 5.16. The lowest BCUT2D eigenvalue weighted by atomic mass is 9.98. The molecule has 2 unspecified atom stereocenters. The molecule has 1 saturated heterocycles. The number of rotatable bonds is 12. The van der Waals surface area contributed by atoms with E-state index in [9.17, 15) is 24.3 Å². The molecule has 0 aromatic rings. The molecule has 1 heterocycles. The van der Waals surface area contributed by atoms with Crippen LogP contribution in [0.1, 0.15) is 66.7 Å². The van der Waals surface area contributed by atoms with Gasteiger partial charge in [0.25, 0.3) is 0 Å². The van der Waals surface area contributed by atoms with Crippen molar-refractivity contribution in [2.24, 2.45) is 23.0 Å². The fourth-order valence-corrected chi connectivity index (χ4v) is 5.16. The molecule has 2 fully saturated rings. The average Bonchev–Trinajstić information content (AvgIpc) is 3.12. The van der Waals surface area contributed by atoms with Gasteiger partial charge in [-0.15, -0.1) is 0 Å². The molecule has 0 aromatic carbocycles. The van der Waals surface area contributed by atoms with Gasteiger partial charge in [-0.25, -0.2) is 9.59 Å². The first-order chi connectivity index (χ1) is 16.8. The molecule has 0 aromatic heterocycles. The van der Waals surface area contributed by atoms with Crippen LogP contribution in [0.15, 0.2) is 0 Å². The molecule has 1 saturated carbocycles. The van der Waals surface area contributed by atoms with E-state index < -0.39 is 47.6 Å². The number of fused-ring (bicyclic) bond motifs is 1. The molecule has 1 aliphatic carbocycles. The zero-order valence-electron chi connectivity index (χ0n) is 22.5. The molecule has 0 bridgehead atoms. The number of unbranched alkanes of at least 4 members (excludes halogenated alkanes) is 1. The van der Waals surface area contributed by atoms with Gasteiger partial charge in [-0.2, -0.15) is 0 Å². The van der Waals surface area contributed by atoms with Gasteiger partial charge >= 0.3 is 12.1 Å². The SMILES string of the molecule is COC(=O)C(CCCCN)NC(=O)[C@@H]1[C@@H]2C(CN1C(=O)[C@H](CCCO)NC(=O)OC(C)(C)C)C2(C)C. The van der Waals surface area contributed by atoms with Crippen molar-refractivity contribution >= 4 is 23.9 Å². The van der Waals surface area contributed by atoms with Crippen molar-refractivity contribution in [1.82, 2.24) is 15.5 Å². The predicted molar refractivity (Wildman–Crippen MR) is 133 cm³/mol. The molecule has 1 aliphatic heterocycles. The summed E-state index contributed by atoms with van der Waals surface area (Å²) in [5, 5.41) is 14.7. The lowest BCUT2D eigenvalue weighted by molar-refractivity contribution is -0.147. The Balaban J connectivity index is 2.22. The van der Waals surface area contributed by atoms with Crippen LogP contribution in [0.3, 0.4) is 0 Å². The standard InChI is InChI=1S/C25H44N4O7/c1-24(2,3)36-23(34)28-16(11-9-13-30)21(32)29-14-15-18(25(15,4)5)19(29)20(31)27-17(22(33)35-6)10-7-8-12-26/h15-19,30H,7-14,26H2,1-6H3,(H,27,31)(H,28,34)/t15?,16-,17?,18-,19-/m0/s1. The number of methoxy groups -OCH3 is 1. The number of likely N-dealkylation sites (tertiary alicyclic amines) is 1. The van der Waals surface area contributed by atoms with E-state index in [4.69, 9.17) is 15.2 Å². The molecule has 5 atom stereocenters. The number of ether oxygens (including phenoxy) is 2. The predicted octanol–water partition coefficient (Wildman–Crippen LogP) is 0.922. The lowest BCUT2D eigenvalue weighted by Crippen LogP contribution is -2.57. The van der Waals surface area contributed by atoms with Gasteiger partial charge in [-0.1, -0.05) is 13.8 Å². The van der Waals surface area contributed by atoms with Crippen LogP contribution in [0, 0.1) is 17.3 Å². The summed E-state index contributed by atoms with van der Waals surface area (Å²) in [5.41, 5.74) is 4.68. The monoisotopic (exact) mass is 512 g/mol. The first kappa shape index (κ1) is 29.8. The number of hydrogen-bond donors (Lipinski definition) is 4. The molecule has 36 heavy (non-hydrogen) atoms. The Morgan fingerprint density at radius 1 is 1.08 bits per heavy atom. The Hall–Kier alpha value is -2.40. The number of amides is 3. The van der Waals surface area contributed by atoms with E-state index in [0.717, 1.165) is 0 Å². The summed E-state index contributed by atoms with van der Waals surface area (Å²) in [4.78, 5) is 53.4. The van der Waals surface area contributed by atoms with E-state index in [0.29, 0.717) is 38.8 Å². The average molecular weight is 513 g/mol. The Kier molecular flexibility index (Phi) is 10.1. The van der Waals surface area contributed by atoms with Crippen LogP contribution in [0.4, 0.5) is 4.79 Å². The third-order valence-electron chi connectivity index (χ3n) is 7.15. The van der Waals surface area contributed by atoms with Gasteiger partial charge in [0.15, 0.2) is 0 Å². The quantitative estimate of drug-likeness (QED) is 0.222. The number of hydrogen-bond acceptors (Lipinski definition) is 8. The largest absolute Gasteiger partial charge is 0.467 e. The summed E-state index contributed by atoms with van der Waals surface area (Å²) >= 11 is 0. The van der Waals surface area contributed by atoms with Gasteiger partial charge in [0.05, 0.1) is 7.11 Å². The Morgan fingerprint density at radius 3 is 2.28 bits per heavy atom. The van der Waals surface area contributed by atoms with Crippen LogP contribution in [0.5, 0.6) is 0 Å². The van der Waals surface area contributed by atoms with Gasteiger partial charge in [-0.05, 0) is 76.7 Å². The Bertz CT molecular complexity index is 811. The number of nitrogens with two attached hydrogens (primary N) is 1. The summed E-state index contributed by atoms with van der Waals surface area (Å²) in [6, 6.07) is -2.57. The van der Waals surface area contributed by atoms with E-state index >= 15 is 0 Å². The maximum Gasteiger partial charge on any atom is 0.408 e. The zero-order valence-corrected chi connectivity index (χ0v) is 22.5. The van der Waals surface area contributed by atoms with E-state index in [1.165, 1.54) is 12.0 Å². The summed E-state index contributed by atoms with van der Waals surface area (Å²) in [5.74, 6) is -1.30. The van der Waals surface area contributed by atoms with Crippen LogP contribution < -0.4 is 16.4 Å². The van der Waals surface area contributed by atoms with E-state index in [2.05, 4.69) is 24.5 Å². The number of aliphatic hydroxyl groups excluding tert-OH is 1. The maximum absolute atomic E-state index is 13.6. The highest BCUT2D eigenvalue weighted by atomic mass is 16.6. The van der Waals surface area contributed by atoms with Gasteiger partial charge in [0.2, 0.25) is 11.8 Å². The third kappa shape index (κ3) is 7.32. The number of nitrogens with one attached hydrogen (secondary N) is 2. The van der Waals surface area contributed by atoms with Crippen molar-refractivity contribution < 1.29 is 33.8 Å². The summed E-state index contributed by atoms with van der Waals surface area (Å²) in [6.07, 6.45) is 1.48.